The highest BCUT2D eigenvalue weighted by atomic mass is 16.7. The van der Waals surface area contributed by atoms with Gasteiger partial charge in [-0.2, -0.15) is 0 Å². The number of benzene rings is 2. The average Bonchev–Trinajstić information content (AvgIpc) is 3.21. The zero-order valence-corrected chi connectivity index (χ0v) is 15.2. The van der Waals surface area contributed by atoms with Crippen molar-refractivity contribution in [3.63, 3.8) is 0 Å². The molecule has 0 spiro atoms. The number of anilines is 3. The van der Waals surface area contributed by atoms with Gasteiger partial charge in [0.2, 0.25) is 6.79 Å². The van der Waals surface area contributed by atoms with Crippen LogP contribution in [0.15, 0.2) is 60.8 Å². The number of para-hydroxylation sites is 1. The standard InChI is InChI=1S/C22H19N3O3/c26-22(24-16-7-10-20-21(12-16)28-14-27-20)18-9-8-17(13-23-18)25-11-3-5-15-4-1-2-6-19(15)25/h1-2,4,6-10,12-13H,3,5,11,14H2,(H,24,26). The fraction of sp³-hybridized carbons (Fsp3) is 0.182. The Morgan fingerprint density at radius 3 is 2.82 bits per heavy atom. The van der Waals surface area contributed by atoms with Crippen LogP contribution in [0.1, 0.15) is 22.5 Å². The van der Waals surface area contributed by atoms with E-state index >= 15 is 0 Å². The fourth-order valence-corrected chi connectivity index (χ4v) is 3.65. The smallest absolute Gasteiger partial charge is 0.274 e. The number of carbonyl (C=O) groups is 1. The molecule has 1 amide bonds. The van der Waals surface area contributed by atoms with Crippen molar-refractivity contribution in [3.8, 4) is 11.5 Å². The van der Waals surface area contributed by atoms with E-state index in [1.807, 2.05) is 6.07 Å². The van der Waals surface area contributed by atoms with Gasteiger partial charge in [0.25, 0.3) is 5.91 Å². The third-order valence-electron chi connectivity index (χ3n) is 5.03. The molecule has 1 N–H and O–H groups in total. The van der Waals surface area contributed by atoms with Gasteiger partial charge in [-0.05, 0) is 48.7 Å². The van der Waals surface area contributed by atoms with Crippen LogP contribution in [-0.4, -0.2) is 24.2 Å². The summed E-state index contributed by atoms with van der Waals surface area (Å²) in [6.45, 7) is 1.15. The molecule has 2 aromatic carbocycles. The number of ether oxygens (including phenoxy) is 2. The summed E-state index contributed by atoms with van der Waals surface area (Å²) in [5.74, 6) is 1.05. The van der Waals surface area contributed by atoms with Crippen molar-refractivity contribution in [2.45, 2.75) is 12.8 Å². The van der Waals surface area contributed by atoms with Gasteiger partial charge in [0, 0.05) is 24.0 Å². The second-order valence-corrected chi connectivity index (χ2v) is 6.81. The van der Waals surface area contributed by atoms with E-state index in [4.69, 9.17) is 9.47 Å². The zero-order chi connectivity index (χ0) is 18.9. The highest BCUT2D eigenvalue weighted by Crippen LogP contribution is 2.35. The van der Waals surface area contributed by atoms with Crippen LogP contribution in [0.25, 0.3) is 0 Å². The molecule has 0 aliphatic carbocycles. The van der Waals surface area contributed by atoms with Gasteiger partial charge in [0.1, 0.15) is 5.69 Å². The number of hydrogen-bond donors (Lipinski definition) is 1. The minimum atomic E-state index is -0.260. The van der Waals surface area contributed by atoms with Crippen molar-refractivity contribution in [1.82, 2.24) is 4.98 Å². The molecule has 6 heteroatoms. The van der Waals surface area contributed by atoms with E-state index < -0.39 is 0 Å². The van der Waals surface area contributed by atoms with Crippen LogP contribution in [0.2, 0.25) is 0 Å². The first-order valence-corrected chi connectivity index (χ1v) is 9.30. The third kappa shape index (κ3) is 3.03. The number of rotatable bonds is 3. The molecule has 0 unspecified atom stereocenters. The van der Waals surface area contributed by atoms with Gasteiger partial charge in [0.15, 0.2) is 11.5 Å². The van der Waals surface area contributed by atoms with Crippen LogP contribution in [0.4, 0.5) is 17.1 Å². The number of amides is 1. The number of nitrogens with zero attached hydrogens (tertiary/aromatic N) is 2. The summed E-state index contributed by atoms with van der Waals surface area (Å²) >= 11 is 0. The lowest BCUT2D eigenvalue weighted by molar-refractivity contribution is 0.102. The van der Waals surface area contributed by atoms with E-state index in [0.717, 1.165) is 25.1 Å². The summed E-state index contributed by atoms with van der Waals surface area (Å²) < 4.78 is 10.6. The second kappa shape index (κ2) is 6.88. The monoisotopic (exact) mass is 373 g/mol. The summed E-state index contributed by atoms with van der Waals surface area (Å²) in [5.41, 5.74) is 4.56. The molecule has 1 aromatic heterocycles. The molecular formula is C22H19N3O3. The first-order chi connectivity index (χ1) is 13.8. The SMILES string of the molecule is O=C(Nc1ccc2c(c1)OCO2)c1ccc(N2CCCc3ccccc32)cn1. The van der Waals surface area contributed by atoms with Crippen LogP contribution < -0.4 is 19.7 Å². The highest BCUT2D eigenvalue weighted by Gasteiger charge is 2.19. The molecule has 0 atom stereocenters. The number of pyridine rings is 1. The molecule has 140 valence electrons. The first-order valence-electron chi connectivity index (χ1n) is 9.30. The van der Waals surface area contributed by atoms with E-state index in [-0.39, 0.29) is 12.7 Å². The lowest BCUT2D eigenvalue weighted by Crippen LogP contribution is -2.24. The van der Waals surface area contributed by atoms with Crippen LogP contribution in [0.3, 0.4) is 0 Å². The molecule has 6 nitrogen and oxygen atoms in total. The van der Waals surface area contributed by atoms with Gasteiger partial charge in [-0.1, -0.05) is 18.2 Å². The maximum Gasteiger partial charge on any atom is 0.274 e. The third-order valence-corrected chi connectivity index (χ3v) is 5.03. The predicted octanol–water partition coefficient (Wildman–Crippen LogP) is 4.15. The highest BCUT2D eigenvalue weighted by molar-refractivity contribution is 6.03. The van der Waals surface area contributed by atoms with E-state index in [1.165, 1.54) is 11.3 Å². The minimum absolute atomic E-state index is 0.204. The molecule has 3 heterocycles. The van der Waals surface area contributed by atoms with Crippen molar-refractivity contribution in [3.05, 3.63) is 72.1 Å². The summed E-state index contributed by atoms with van der Waals surface area (Å²) in [5, 5.41) is 2.85. The summed E-state index contributed by atoms with van der Waals surface area (Å²) in [7, 11) is 0. The van der Waals surface area contributed by atoms with Crippen molar-refractivity contribution >= 4 is 23.0 Å². The number of aromatic nitrogens is 1. The number of carbonyl (C=O) groups excluding carboxylic acids is 1. The van der Waals surface area contributed by atoms with Gasteiger partial charge in [-0.3, -0.25) is 4.79 Å². The van der Waals surface area contributed by atoms with Gasteiger partial charge in [-0.25, -0.2) is 4.98 Å². The Morgan fingerprint density at radius 1 is 1.04 bits per heavy atom. The Morgan fingerprint density at radius 2 is 1.93 bits per heavy atom. The van der Waals surface area contributed by atoms with E-state index in [0.29, 0.717) is 22.9 Å². The molecule has 0 saturated carbocycles. The fourth-order valence-electron chi connectivity index (χ4n) is 3.65. The summed E-state index contributed by atoms with van der Waals surface area (Å²) in [4.78, 5) is 19.2. The zero-order valence-electron chi connectivity index (χ0n) is 15.2. The largest absolute Gasteiger partial charge is 0.454 e. The van der Waals surface area contributed by atoms with Crippen LogP contribution in [0.5, 0.6) is 11.5 Å². The topological polar surface area (TPSA) is 63.7 Å². The number of aryl methyl sites for hydroxylation is 1. The quantitative estimate of drug-likeness (QED) is 0.747. The van der Waals surface area contributed by atoms with Crippen LogP contribution in [0, 0.1) is 0 Å². The Hall–Kier alpha value is -3.54. The Kier molecular flexibility index (Phi) is 4.09. The van der Waals surface area contributed by atoms with Crippen molar-refractivity contribution < 1.29 is 14.3 Å². The second-order valence-electron chi connectivity index (χ2n) is 6.81. The average molecular weight is 373 g/mol. The van der Waals surface area contributed by atoms with Crippen molar-refractivity contribution in [2.75, 3.05) is 23.6 Å². The maximum atomic E-state index is 12.5. The van der Waals surface area contributed by atoms with Gasteiger partial charge >= 0.3 is 0 Å². The van der Waals surface area contributed by atoms with Crippen LogP contribution in [-0.2, 0) is 6.42 Å². The van der Waals surface area contributed by atoms with Gasteiger partial charge in [0.05, 0.1) is 11.9 Å². The van der Waals surface area contributed by atoms with E-state index in [2.05, 4.69) is 39.5 Å². The van der Waals surface area contributed by atoms with Crippen LogP contribution >= 0.6 is 0 Å². The molecule has 0 radical (unpaired) electrons. The number of hydrogen-bond acceptors (Lipinski definition) is 5. The molecule has 0 bridgehead atoms. The molecular weight excluding hydrogens is 354 g/mol. The normalized spacial score (nSPS) is 14.5. The Labute approximate surface area is 162 Å². The molecule has 0 saturated heterocycles. The number of fused-ring (bicyclic) bond motifs is 2. The lowest BCUT2D eigenvalue weighted by atomic mass is 10.0. The number of nitrogens with one attached hydrogen (secondary N) is 1. The van der Waals surface area contributed by atoms with Gasteiger partial charge < -0.3 is 19.7 Å². The van der Waals surface area contributed by atoms with Gasteiger partial charge in [-0.15, -0.1) is 0 Å². The Bertz CT molecular complexity index is 1030. The van der Waals surface area contributed by atoms with E-state index in [9.17, 15) is 4.79 Å². The molecule has 5 rings (SSSR count). The maximum absolute atomic E-state index is 12.5. The molecule has 2 aliphatic rings. The Balaban J connectivity index is 1.33. The molecule has 2 aliphatic heterocycles. The van der Waals surface area contributed by atoms with Crippen molar-refractivity contribution in [1.29, 1.82) is 0 Å². The summed E-state index contributed by atoms with van der Waals surface area (Å²) in [6.07, 6.45) is 3.95. The lowest BCUT2D eigenvalue weighted by Gasteiger charge is -2.31. The molecule has 28 heavy (non-hydrogen) atoms. The molecule has 3 aromatic rings. The molecule has 0 fully saturated rings. The first kappa shape index (κ1) is 16.6. The predicted molar refractivity (Wildman–Crippen MR) is 107 cm³/mol. The summed E-state index contributed by atoms with van der Waals surface area (Å²) in [6, 6.07) is 17.4. The minimum Gasteiger partial charge on any atom is -0.454 e. The van der Waals surface area contributed by atoms with Crippen molar-refractivity contribution in [2.24, 2.45) is 0 Å². The van der Waals surface area contributed by atoms with E-state index in [1.54, 1.807) is 30.5 Å².